The largest absolute Gasteiger partial charge is 0.343 e. The molecule has 25 heavy (non-hydrogen) atoms. The fraction of sp³-hybridized carbons (Fsp3) is 0.250. The smallest absolute Gasteiger partial charge is 0.291 e. The molecule has 0 spiro atoms. The lowest BCUT2D eigenvalue weighted by Crippen LogP contribution is -2.27. The maximum absolute atomic E-state index is 12.4. The van der Waals surface area contributed by atoms with E-state index >= 15 is 0 Å². The number of nitrogens with one attached hydrogen (secondary N) is 1. The normalized spacial score (nSPS) is 12.9. The van der Waals surface area contributed by atoms with Crippen molar-refractivity contribution in [1.82, 2.24) is 24.9 Å². The molecule has 130 valence electrons. The molecule has 0 saturated carbocycles. The number of fused-ring (bicyclic) bond motifs is 1. The van der Waals surface area contributed by atoms with E-state index in [4.69, 9.17) is 0 Å². The number of amides is 1. The van der Waals surface area contributed by atoms with E-state index in [1.165, 1.54) is 16.6 Å². The zero-order valence-corrected chi connectivity index (χ0v) is 14.8. The standard InChI is InChI=1S/C16H17N5O3S/c1-10-8-9-17-16-19-14(20-21(10)16)15(22)18-11(2)12-4-6-13(7-5-12)25(3,23)24/h4-9,11H,1-3H3,(H,18,22)/t11-/m0/s1. The summed E-state index contributed by atoms with van der Waals surface area (Å²) in [5, 5.41) is 6.95. The van der Waals surface area contributed by atoms with E-state index in [1.54, 1.807) is 31.3 Å². The molecule has 8 nitrogen and oxygen atoms in total. The molecule has 1 atom stereocenters. The van der Waals surface area contributed by atoms with Gasteiger partial charge < -0.3 is 5.32 Å². The highest BCUT2D eigenvalue weighted by molar-refractivity contribution is 7.90. The van der Waals surface area contributed by atoms with Crippen LogP contribution in [0.2, 0.25) is 0 Å². The minimum absolute atomic E-state index is 0.0291. The zero-order valence-electron chi connectivity index (χ0n) is 14.0. The average Bonchev–Trinajstić information content (AvgIpc) is 3.00. The molecule has 0 radical (unpaired) electrons. The minimum atomic E-state index is -3.25. The number of rotatable bonds is 4. The number of benzene rings is 1. The quantitative estimate of drug-likeness (QED) is 0.753. The number of hydrogen-bond acceptors (Lipinski definition) is 6. The van der Waals surface area contributed by atoms with E-state index in [9.17, 15) is 13.2 Å². The van der Waals surface area contributed by atoms with Crippen LogP contribution in [-0.2, 0) is 9.84 Å². The Hall–Kier alpha value is -2.81. The van der Waals surface area contributed by atoms with Crippen LogP contribution in [-0.4, -0.2) is 40.2 Å². The molecular formula is C16H17N5O3S. The Morgan fingerprint density at radius 3 is 2.48 bits per heavy atom. The van der Waals surface area contributed by atoms with Crippen LogP contribution in [0.1, 0.15) is 34.8 Å². The molecule has 0 aliphatic carbocycles. The Labute approximate surface area is 144 Å². The molecular weight excluding hydrogens is 342 g/mol. The fourth-order valence-electron chi connectivity index (χ4n) is 2.35. The van der Waals surface area contributed by atoms with Crippen molar-refractivity contribution in [2.24, 2.45) is 0 Å². The van der Waals surface area contributed by atoms with Gasteiger partial charge in [0.2, 0.25) is 5.82 Å². The van der Waals surface area contributed by atoms with Gasteiger partial charge in [-0.2, -0.15) is 4.98 Å². The molecule has 0 aliphatic heterocycles. The van der Waals surface area contributed by atoms with Crippen molar-refractivity contribution in [3.8, 4) is 0 Å². The molecule has 1 amide bonds. The van der Waals surface area contributed by atoms with Crippen molar-refractivity contribution in [2.75, 3.05) is 6.26 Å². The van der Waals surface area contributed by atoms with E-state index in [2.05, 4.69) is 20.4 Å². The summed E-state index contributed by atoms with van der Waals surface area (Å²) in [5.41, 5.74) is 1.60. The second-order valence-corrected chi connectivity index (χ2v) is 7.79. The first-order valence-corrected chi connectivity index (χ1v) is 9.44. The number of nitrogens with zero attached hydrogens (tertiary/aromatic N) is 4. The number of carbonyl (C=O) groups is 1. The van der Waals surface area contributed by atoms with Crippen LogP contribution in [0.3, 0.4) is 0 Å². The van der Waals surface area contributed by atoms with Gasteiger partial charge in [0.1, 0.15) is 0 Å². The molecule has 0 bridgehead atoms. The van der Waals surface area contributed by atoms with Crippen LogP contribution in [0.25, 0.3) is 5.78 Å². The average molecular weight is 359 g/mol. The van der Waals surface area contributed by atoms with Gasteiger partial charge in [0, 0.05) is 18.1 Å². The van der Waals surface area contributed by atoms with Crippen LogP contribution < -0.4 is 5.32 Å². The van der Waals surface area contributed by atoms with Gasteiger partial charge in [-0.3, -0.25) is 4.79 Å². The van der Waals surface area contributed by atoms with Crippen LogP contribution in [0, 0.1) is 6.92 Å². The first kappa shape index (κ1) is 17.0. The summed E-state index contributed by atoms with van der Waals surface area (Å²) in [4.78, 5) is 20.8. The second kappa shape index (κ2) is 6.25. The molecule has 0 unspecified atom stereocenters. The fourth-order valence-corrected chi connectivity index (χ4v) is 2.98. The summed E-state index contributed by atoms with van der Waals surface area (Å²) < 4.78 is 24.5. The first-order valence-electron chi connectivity index (χ1n) is 7.55. The topological polar surface area (TPSA) is 106 Å². The molecule has 2 aromatic heterocycles. The third-order valence-electron chi connectivity index (χ3n) is 3.79. The summed E-state index contributed by atoms with van der Waals surface area (Å²) in [6, 6.07) is 7.82. The Morgan fingerprint density at radius 2 is 1.88 bits per heavy atom. The third-order valence-corrected chi connectivity index (χ3v) is 4.92. The van der Waals surface area contributed by atoms with Crippen LogP contribution in [0.4, 0.5) is 0 Å². The van der Waals surface area contributed by atoms with Gasteiger partial charge in [0.25, 0.3) is 11.7 Å². The van der Waals surface area contributed by atoms with E-state index in [0.717, 1.165) is 17.5 Å². The van der Waals surface area contributed by atoms with Gasteiger partial charge in [0.15, 0.2) is 9.84 Å². The molecule has 3 aromatic rings. The molecule has 9 heteroatoms. The first-order chi connectivity index (χ1) is 11.8. The minimum Gasteiger partial charge on any atom is -0.343 e. The lowest BCUT2D eigenvalue weighted by molar-refractivity contribution is 0.0929. The van der Waals surface area contributed by atoms with Crippen molar-refractivity contribution < 1.29 is 13.2 Å². The van der Waals surface area contributed by atoms with Gasteiger partial charge in [0.05, 0.1) is 10.9 Å². The highest BCUT2D eigenvalue weighted by Crippen LogP contribution is 2.16. The number of aromatic nitrogens is 4. The van der Waals surface area contributed by atoms with E-state index < -0.39 is 15.7 Å². The number of aryl methyl sites for hydroxylation is 1. The Morgan fingerprint density at radius 1 is 1.20 bits per heavy atom. The Balaban J connectivity index is 1.78. The summed E-state index contributed by atoms with van der Waals surface area (Å²) >= 11 is 0. The highest BCUT2D eigenvalue weighted by atomic mass is 32.2. The highest BCUT2D eigenvalue weighted by Gasteiger charge is 2.17. The predicted octanol–water partition coefficient (Wildman–Crippen LogP) is 1.33. The van der Waals surface area contributed by atoms with Gasteiger partial charge in [-0.1, -0.05) is 12.1 Å². The monoisotopic (exact) mass is 359 g/mol. The van der Waals surface area contributed by atoms with Gasteiger partial charge in [-0.15, -0.1) is 5.10 Å². The predicted molar refractivity (Wildman–Crippen MR) is 91.0 cm³/mol. The van der Waals surface area contributed by atoms with Crippen LogP contribution in [0.15, 0.2) is 41.4 Å². The number of sulfone groups is 1. The van der Waals surface area contributed by atoms with E-state index in [0.29, 0.717) is 5.78 Å². The maximum atomic E-state index is 12.4. The molecule has 0 saturated heterocycles. The van der Waals surface area contributed by atoms with E-state index in [1.807, 2.05) is 6.92 Å². The molecule has 1 aromatic carbocycles. The number of hydrogen-bond donors (Lipinski definition) is 1. The van der Waals surface area contributed by atoms with Crippen molar-refractivity contribution >= 4 is 21.5 Å². The Bertz CT molecular complexity index is 1040. The Kier molecular flexibility index (Phi) is 4.25. The van der Waals surface area contributed by atoms with Gasteiger partial charge in [-0.25, -0.2) is 17.9 Å². The summed E-state index contributed by atoms with van der Waals surface area (Å²) in [6.07, 6.45) is 2.76. The van der Waals surface area contributed by atoms with Crippen molar-refractivity contribution in [3.05, 3.63) is 53.6 Å². The van der Waals surface area contributed by atoms with Crippen molar-refractivity contribution in [1.29, 1.82) is 0 Å². The maximum Gasteiger partial charge on any atom is 0.291 e. The van der Waals surface area contributed by atoms with Crippen LogP contribution >= 0.6 is 0 Å². The SMILES string of the molecule is Cc1ccnc2nc(C(=O)N[C@@H](C)c3ccc(S(C)(=O)=O)cc3)nn12. The third kappa shape index (κ3) is 3.50. The van der Waals surface area contributed by atoms with Crippen molar-refractivity contribution in [3.63, 3.8) is 0 Å². The molecule has 0 fully saturated rings. The summed E-state index contributed by atoms with van der Waals surface area (Å²) in [7, 11) is -3.25. The molecule has 3 rings (SSSR count). The summed E-state index contributed by atoms with van der Waals surface area (Å²) in [6.45, 7) is 3.64. The van der Waals surface area contributed by atoms with E-state index in [-0.39, 0.29) is 16.8 Å². The summed E-state index contributed by atoms with van der Waals surface area (Å²) in [5.74, 6) is -0.0405. The van der Waals surface area contributed by atoms with Crippen molar-refractivity contribution in [2.45, 2.75) is 24.8 Å². The number of carbonyl (C=O) groups excluding carboxylic acids is 1. The van der Waals surface area contributed by atoms with Crippen LogP contribution in [0.5, 0.6) is 0 Å². The molecule has 2 heterocycles. The zero-order chi connectivity index (χ0) is 18.2. The molecule has 0 aliphatic rings. The lowest BCUT2D eigenvalue weighted by Gasteiger charge is -2.13. The second-order valence-electron chi connectivity index (χ2n) is 5.77. The van der Waals surface area contributed by atoms with Gasteiger partial charge in [-0.05, 0) is 37.6 Å². The van der Waals surface area contributed by atoms with Gasteiger partial charge >= 0.3 is 0 Å². The lowest BCUT2D eigenvalue weighted by atomic mass is 10.1. The molecule has 1 N–H and O–H groups in total.